The van der Waals surface area contributed by atoms with Crippen molar-refractivity contribution in [1.29, 1.82) is 0 Å². The number of carboxylic acid groups (broad SMARTS) is 1. The van der Waals surface area contributed by atoms with E-state index < -0.39 is 5.97 Å². The van der Waals surface area contributed by atoms with Crippen LogP contribution in [0.1, 0.15) is 10.4 Å². The molecule has 0 bridgehead atoms. The van der Waals surface area contributed by atoms with Crippen molar-refractivity contribution in [2.45, 2.75) is 0 Å². The molecule has 0 aliphatic carbocycles. The van der Waals surface area contributed by atoms with Crippen LogP contribution in [0, 0.1) is 0 Å². The Morgan fingerprint density at radius 2 is 2.17 bits per heavy atom. The Kier molecular flexibility index (Phi) is 2.19. The van der Waals surface area contributed by atoms with E-state index in [1.54, 1.807) is 13.1 Å². The third-order valence-electron chi connectivity index (χ3n) is 1.52. The number of hydrogen-bond donors (Lipinski definition) is 3. The van der Waals surface area contributed by atoms with E-state index in [0.29, 0.717) is 5.69 Å². The molecule has 3 N–H and O–H groups in total. The molecule has 0 saturated carbocycles. The highest BCUT2D eigenvalue weighted by Gasteiger charge is 2.08. The van der Waals surface area contributed by atoms with Crippen LogP contribution in [0.25, 0.3) is 0 Å². The van der Waals surface area contributed by atoms with Gasteiger partial charge in [-0.05, 0) is 18.2 Å². The lowest BCUT2D eigenvalue weighted by atomic mass is 10.2. The molecule has 1 aromatic carbocycles. The number of nitrogens with one attached hydrogen (secondary N) is 1. The zero-order valence-electron chi connectivity index (χ0n) is 6.53. The largest absolute Gasteiger partial charge is 0.507 e. The van der Waals surface area contributed by atoms with Crippen LogP contribution in [-0.4, -0.2) is 23.2 Å². The van der Waals surface area contributed by atoms with Crippen molar-refractivity contribution in [2.75, 3.05) is 12.4 Å². The van der Waals surface area contributed by atoms with Crippen LogP contribution in [0.5, 0.6) is 5.75 Å². The molecule has 1 aromatic rings. The fourth-order valence-corrected chi connectivity index (χ4v) is 0.863. The standard InChI is InChI=1S/C8H9NO3/c1-9-5-2-3-7(10)6(4-5)8(11)12/h2-4,9-10H,1H3,(H,11,12). The van der Waals surface area contributed by atoms with Crippen molar-refractivity contribution in [3.8, 4) is 5.75 Å². The maximum Gasteiger partial charge on any atom is 0.339 e. The number of benzene rings is 1. The second-order valence-corrected chi connectivity index (χ2v) is 2.29. The molecule has 0 aromatic heterocycles. The summed E-state index contributed by atoms with van der Waals surface area (Å²) in [5.41, 5.74) is 0.562. The van der Waals surface area contributed by atoms with Gasteiger partial charge in [-0.2, -0.15) is 0 Å². The van der Waals surface area contributed by atoms with E-state index in [2.05, 4.69) is 5.32 Å². The van der Waals surface area contributed by atoms with E-state index in [9.17, 15) is 4.79 Å². The van der Waals surface area contributed by atoms with Gasteiger partial charge in [0.2, 0.25) is 0 Å². The molecule has 0 fully saturated rings. The van der Waals surface area contributed by atoms with Gasteiger partial charge in [0.1, 0.15) is 11.3 Å². The first-order valence-electron chi connectivity index (χ1n) is 3.39. The molecule has 4 nitrogen and oxygen atoms in total. The summed E-state index contributed by atoms with van der Waals surface area (Å²) in [6.45, 7) is 0. The van der Waals surface area contributed by atoms with Gasteiger partial charge in [0.25, 0.3) is 0 Å². The van der Waals surface area contributed by atoms with Gasteiger partial charge in [0, 0.05) is 12.7 Å². The second-order valence-electron chi connectivity index (χ2n) is 2.29. The molecule has 0 radical (unpaired) electrons. The van der Waals surface area contributed by atoms with Crippen LogP contribution in [0.3, 0.4) is 0 Å². The molecule has 1 rings (SSSR count). The fourth-order valence-electron chi connectivity index (χ4n) is 0.863. The summed E-state index contributed by atoms with van der Waals surface area (Å²) in [6, 6.07) is 4.31. The summed E-state index contributed by atoms with van der Waals surface area (Å²) in [7, 11) is 1.68. The summed E-state index contributed by atoms with van der Waals surface area (Å²) in [6.07, 6.45) is 0. The number of carboxylic acids is 1. The summed E-state index contributed by atoms with van der Waals surface area (Å²) in [5.74, 6) is -1.36. The highest BCUT2D eigenvalue weighted by Crippen LogP contribution is 2.20. The lowest BCUT2D eigenvalue weighted by Crippen LogP contribution is -1.98. The normalized spacial score (nSPS) is 9.42. The van der Waals surface area contributed by atoms with E-state index in [1.165, 1.54) is 12.1 Å². The number of hydrogen-bond acceptors (Lipinski definition) is 3. The molecular weight excluding hydrogens is 158 g/mol. The first-order chi connectivity index (χ1) is 5.65. The minimum Gasteiger partial charge on any atom is -0.507 e. The maximum absolute atomic E-state index is 10.5. The molecule has 0 aliphatic heterocycles. The third kappa shape index (κ3) is 1.47. The lowest BCUT2D eigenvalue weighted by Gasteiger charge is -2.02. The van der Waals surface area contributed by atoms with Crippen LogP contribution >= 0.6 is 0 Å². The van der Waals surface area contributed by atoms with E-state index in [4.69, 9.17) is 10.2 Å². The number of aromatic hydroxyl groups is 1. The second kappa shape index (κ2) is 3.13. The fraction of sp³-hybridized carbons (Fsp3) is 0.125. The molecule has 0 spiro atoms. The molecule has 0 saturated heterocycles. The van der Waals surface area contributed by atoms with Crippen LogP contribution < -0.4 is 5.32 Å². The molecule has 0 aliphatic rings. The molecular formula is C8H9NO3. The average molecular weight is 167 g/mol. The van der Waals surface area contributed by atoms with Gasteiger partial charge in [-0.15, -0.1) is 0 Å². The minimum atomic E-state index is -1.13. The highest BCUT2D eigenvalue weighted by molar-refractivity contribution is 5.91. The number of anilines is 1. The van der Waals surface area contributed by atoms with Gasteiger partial charge in [-0.1, -0.05) is 0 Å². The van der Waals surface area contributed by atoms with Crippen molar-refractivity contribution in [2.24, 2.45) is 0 Å². The Morgan fingerprint density at radius 3 is 2.67 bits per heavy atom. The predicted octanol–water partition coefficient (Wildman–Crippen LogP) is 1.13. The number of aromatic carboxylic acids is 1. The summed E-state index contributed by atoms with van der Waals surface area (Å²) < 4.78 is 0. The van der Waals surface area contributed by atoms with Crippen molar-refractivity contribution >= 4 is 11.7 Å². The van der Waals surface area contributed by atoms with Crippen LogP contribution in [0.2, 0.25) is 0 Å². The number of carbonyl (C=O) groups is 1. The summed E-state index contributed by atoms with van der Waals surface area (Å²) in [5, 5.41) is 20.5. The molecule has 0 heterocycles. The van der Waals surface area contributed by atoms with Crippen molar-refractivity contribution in [3.05, 3.63) is 23.8 Å². The van der Waals surface area contributed by atoms with E-state index >= 15 is 0 Å². The Hall–Kier alpha value is -1.71. The average Bonchev–Trinajstić information content (AvgIpc) is 2.05. The maximum atomic E-state index is 10.5. The van der Waals surface area contributed by atoms with Gasteiger partial charge < -0.3 is 15.5 Å². The smallest absolute Gasteiger partial charge is 0.339 e. The van der Waals surface area contributed by atoms with E-state index in [-0.39, 0.29) is 11.3 Å². The van der Waals surface area contributed by atoms with Gasteiger partial charge in [-0.25, -0.2) is 4.79 Å². The summed E-state index contributed by atoms with van der Waals surface area (Å²) in [4.78, 5) is 10.5. The Labute approximate surface area is 69.5 Å². The van der Waals surface area contributed by atoms with Crippen LogP contribution in [-0.2, 0) is 0 Å². The van der Waals surface area contributed by atoms with Crippen LogP contribution in [0.15, 0.2) is 18.2 Å². The van der Waals surface area contributed by atoms with Gasteiger partial charge in [0.05, 0.1) is 0 Å². The lowest BCUT2D eigenvalue weighted by molar-refractivity contribution is 0.0694. The molecule has 12 heavy (non-hydrogen) atoms. The first kappa shape index (κ1) is 8.39. The minimum absolute atomic E-state index is 0.0955. The predicted molar refractivity (Wildman–Crippen MR) is 44.6 cm³/mol. The highest BCUT2D eigenvalue weighted by atomic mass is 16.4. The molecule has 64 valence electrons. The zero-order chi connectivity index (χ0) is 9.14. The Morgan fingerprint density at radius 1 is 1.50 bits per heavy atom. The Bertz CT molecular complexity index is 309. The van der Waals surface area contributed by atoms with Gasteiger partial charge in [0.15, 0.2) is 0 Å². The SMILES string of the molecule is CNc1ccc(O)c(C(=O)O)c1. The van der Waals surface area contributed by atoms with Crippen molar-refractivity contribution in [3.63, 3.8) is 0 Å². The first-order valence-corrected chi connectivity index (χ1v) is 3.39. The molecule has 0 unspecified atom stereocenters. The summed E-state index contributed by atoms with van der Waals surface area (Å²) >= 11 is 0. The van der Waals surface area contributed by atoms with Crippen molar-refractivity contribution in [1.82, 2.24) is 0 Å². The van der Waals surface area contributed by atoms with Crippen molar-refractivity contribution < 1.29 is 15.0 Å². The van der Waals surface area contributed by atoms with E-state index in [0.717, 1.165) is 0 Å². The topological polar surface area (TPSA) is 69.6 Å². The van der Waals surface area contributed by atoms with Gasteiger partial charge in [-0.3, -0.25) is 0 Å². The Balaban J connectivity index is 3.17. The quantitative estimate of drug-likeness (QED) is 0.577. The zero-order valence-corrected chi connectivity index (χ0v) is 6.53. The number of rotatable bonds is 2. The number of phenols is 1. The van der Waals surface area contributed by atoms with Crippen LogP contribution in [0.4, 0.5) is 5.69 Å². The third-order valence-corrected chi connectivity index (χ3v) is 1.52. The molecule has 4 heteroatoms. The van der Waals surface area contributed by atoms with Gasteiger partial charge >= 0.3 is 5.97 Å². The van der Waals surface area contributed by atoms with E-state index in [1.807, 2.05) is 0 Å². The monoisotopic (exact) mass is 167 g/mol. The molecule has 0 atom stereocenters. The molecule has 0 amide bonds.